The SMILES string of the molecule is CCOC(=O)C1CCN([C@@H]2CCc3cc(-c4cccc(-c5cccc(Nc6nc(C(F)F)nc7c6c(=O)n(C)c(=O)n7C)c5C)c4Cl)nc(OC)c32)CC1. The van der Waals surface area contributed by atoms with E-state index in [0.29, 0.717) is 45.6 Å². The molecule has 0 bridgehead atoms. The third-order valence-electron chi connectivity index (χ3n) is 10.6. The number of nitrogens with one attached hydrogen (secondary N) is 1. The first kappa shape index (κ1) is 37.1. The lowest BCUT2D eigenvalue weighted by Crippen LogP contribution is -2.38. The highest BCUT2D eigenvalue weighted by Crippen LogP contribution is 2.45. The molecule has 0 spiro atoms. The molecule has 1 fully saturated rings. The number of piperidine rings is 1. The van der Waals surface area contributed by atoms with Crippen LogP contribution < -0.4 is 21.3 Å². The van der Waals surface area contributed by atoms with Crippen LogP contribution in [0.4, 0.5) is 20.3 Å². The Morgan fingerprint density at radius 1 is 1.00 bits per heavy atom. The number of aryl methyl sites for hydroxylation is 2. The minimum Gasteiger partial charge on any atom is -0.481 e. The number of halogens is 3. The monoisotopic (exact) mass is 759 g/mol. The zero-order valence-electron chi connectivity index (χ0n) is 30.6. The first-order chi connectivity index (χ1) is 25.9. The molecule has 1 saturated heterocycles. The van der Waals surface area contributed by atoms with Crippen molar-refractivity contribution < 1.29 is 23.0 Å². The molecule has 1 atom stereocenters. The minimum absolute atomic E-state index is 0.0739. The maximum absolute atomic E-state index is 13.9. The van der Waals surface area contributed by atoms with Crippen molar-refractivity contribution >= 4 is 40.1 Å². The second-order valence-corrected chi connectivity index (χ2v) is 14.0. The highest BCUT2D eigenvalue weighted by atomic mass is 35.5. The maximum atomic E-state index is 13.9. The molecule has 1 aliphatic carbocycles. The lowest BCUT2D eigenvalue weighted by molar-refractivity contribution is -0.149. The molecule has 1 aliphatic heterocycles. The van der Waals surface area contributed by atoms with Crippen LogP contribution in [0.2, 0.25) is 5.02 Å². The number of rotatable bonds is 9. The Labute approximate surface area is 314 Å². The molecule has 0 saturated carbocycles. The van der Waals surface area contributed by atoms with Crippen molar-refractivity contribution in [1.29, 1.82) is 0 Å². The average Bonchev–Trinajstić information content (AvgIpc) is 3.61. The normalized spacial score (nSPS) is 16.2. The van der Waals surface area contributed by atoms with Gasteiger partial charge in [-0.3, -0.25) is 23.6 Å². The van der Waals surface area contributed by atoms with Crippen molar-refractivity contribution in [2.24, 2.45) is 20.0 Å². The zero-order valence-corrected chi connectivity index (χ0v) is 31.3. The topological polar surface area (TPSA) is 133 Å². The predicted molar refractivity (Wildman–Crippen MR) is 202 cm³/mol. The number of methoxy groups -OCH3 is 1. The van der Waals surface area contributed by atoms with Crippen LogP contribution in [0.25, 0.3) is 33.4 Å². The van der Waals surface area contributed by atoms with Crippen molar-refractivity contribution in [2.75, 3.05) is 32.1 Å². The summed E-state index contributed by atoms with van der Waals surface area (Å²) < 4.78 is 40.9. The molecule has 3 aromatic heterocycles. The molecule has 54 heavy (non-hydrogen) atoms. The number of benzene rings is 2. The number of aromatic nitrogens is 5. The summed E-state index contributed by atoms with van der Waals surface area (Å²) in [6.07, 6.45) is 0.217. The van der Waals surface area contributed by atoms with Crippen LogP contribution >= 0.6 is 11.6 Å². The summed E-state index contributed by atoms with van der Waals surface area (Å²) in [4.78, 5) is 53.4. The Hall–Kier alpha value is -5.21. The summed E-state index contributed by atoms with van der Waals surface area (Å²) in [5.41, 5.74) is 4.61. The molecular weight excluding hydrogens is 720 g/mol. The van der Waals surface area contributed by atoms with Crippen LogP contribution in [0, 0.1) is 12.8 Å². The molecule has 15 heteroatoms. The Morgan fingerprint density at radius 3 is 2.41 bits per heavy atom. The Kier molecular flexibility index (Phi) is 10.2. The molecule has 0 unspecified atom stereocenters. The number of carbonyl (C=O) groups is 1. The number of hydrogen-bond donors (Lipinski definition) is 1. The number of esters is 1. The van der Waals surface area contributed by atoms with E-state index >= 15 is 0 Å². The number of fused-ring (bicyclic) bond motifs is 2. The molecule has 7 rings (SSSR count). The standard InChI is InChI=1S/C39H40ClF2N7O5/c1-6-54-38(51)21-15-17-49(18-16-21)28-14-13-22-19-27(44-36(53-5)29(22)28)25-11-7-10-24(31(25)40)23-9-8-12-26(20(23)2)43-33-30-35(46-34(45-33)32(41)42)47(3)39(52)48(4)37(30)50/h7-12,19,21,28,32H,6,13-18H2,1-5H3,(H,43,45,46)/t28-/m1/s1. The van der Waals surface area contributed by atoms with Gasteiger partial charge in [0.05, 0.1) is 30.4 Å². The molecular formula is C39H40ClF2N7O5. The van der Waals surface area contributed by atoms with E-state index in [0.717, 1.165) is 64.6 Å². The Bertz CT molecular complexity index is 2410. The second kappa shape index (κ2) is 14.9. The number of anilines is 2. The smallest absolute Gasteiger partial charge is 0.332 e. The van der Waals surface area contributed by atoms with E-state index in [2.05, 4.69) is 26.3 Å². The molecule has 2 aromatic carbocycles. The number of hydrogen-bond acceptors (Lipinski definition) is 10. The largest absolute Gasteiger partial charge is 0.481 e. The first-order valence-electron chi connectivity index (χ1n) is 17.8. The van der Waals surface area contributed by atoms with Crippen molar-refractivity contribution in [1.82, 2.24) is 29.0 Å². The highest BCUT2D eigenvalue weighted by Gasteiger charge is 2.36. The number of likely N-dealkylation sites (tertiary alicyclic amines) is 1. The van der Waals surface area contributed by atoms with Gasteiger partial charge in [0.15, 0.2) is 11.5 Å². The lowest BCUT2D eigenvalue weighted by Gasteiger charge is -2.35. The van der Waals surface area contributed by atoms with Crippen LogP contribution in [0.1, 0.15) is 61.2 Å². The second-order valence-electron chi connectivity index (χ2n) is 13.6. The number of pyridine rings is 1. The van der Waals surface area contributed by atoms with Gasteiger partial charge < -0.3 is 14.8 Å². The average molecular weight is 760 g/mol. The molecule has 282 valence electrons. The van der Waals surface area contributed by atoms with Gasteiger partial charge >= 0.3 is 11.7 Å². The summed E-state index contributed by atoms with van der Waals surface area (Å²) in [5, 5.41) is 3.43. The van der Waals surface area contributed by atoms with Crippen LogP contribution in [-0.4, -0.2) is 61.8 Å². The first-order valence-corrected chi connectivity index (χ1v) is 18.2. The van der Waals surface area contributed by atoms with Crippen molar-refractivity contribution in [3.8, 4) is 28.3 Å². The Morgan fingerprint density at radius 2 is 1.70 bits per heavy atom. The quantitative estimate of drug-likeness (QED) is 0.163. The summed E-state index contributed by atoms with van der Waals surface area (Å²) >= 11 is 7.20. The van der Waals surface area contributed by atoms with Gasteiger partial charge in [-0.2, -0.15) is 0 Å². The van der Waals surface area contributed by atoms with Gasteiger partial charge in [0, 0.05) is 42.5 Å². The van der Waals surface area contributed by atoms with Gasteiger partial charge in [0.1, 0.15) is 11.2 Å². The summed E-state index contributed by atoms with van der Waals surface area (Å²) in [7, 11) is 4.28. The van der Waals surface area contributed by atoms with E-state index in [1.165, 1.54) is 14.1 Å². The van der Waals surface area contributed by atoms with Gasteiger partial charge in [-0.1, -0.05) is 41.9 Å². The number of nitrogens with zero attached hydrogens (tertiary/aromatic N) is 6. The lowest BCUT2D eigenvalue weighted by atomic mass is 9.94. The fourth-order valence-corrected chi connectivity index (χ4v) is 8.06. The molecule has 4 heterocycles. The van der Waals surface area contributed by atoms with E-state index in [4.69, 9.17) is 26.1 Å². The van der Waals surface area contributed by atoms with Gasteiger partial charge in [-0.05, 0) is 81.4 Å². The van der Waals surface area contributed by atoms with Gasteiger partial charge in [0.25, 0.3) is 12.0 Å². The number of carbonyl (C=O) groups excluding carboxylic acids is 1. The zero-order chi connectivity index (χ0) is 38.4. The van der Waals surface area contributed by atoms with Gasteiger partial charge in [-0.25, -0.2) is 28.5 Å². The van der Waals surface area contributed by atoms with Gasteiger partial charge in [0.2, 0.25) is 5.88 Å². The van der Waals surface area contributed by atoms with E-state index in [1.54, 1.807) is 19.2 Å². The van der Waals surface area contributed by atoms with Crippen LogP contribution in [0.5, 0.6) is 5.88 Å². The predicted octanol–water partition coefficient (Wildman–Crippen LogP) is 6.67. The molecule has 0 amide bonds. The highest BCUT2D eigenvalue weighted by molar-refractivity contribution is 6.36. The van der Waals surface area contributed by atoms with E-state index in [9.17, 15) is 23.2 Å². The molecule has 12 nitrogen and oxygen atoms in total. The Balaban J connectivity index is 1.22. The third-order valence-corrected chi connectivity index (χ3v) is 11.0. The third kappa shape index (κ3) is 6.51. The molecule has 2 aliphatic rings. The van der Waals surface area contributed by atoms with Crippen molar-refractivity contribution in [3.63, 3.8) is 0 Å². The molecule has 5 aromatic rings. The molecule has 0 radical (unpaired) electrons. The van der Waals surface area contributed by atoms with Crippen LogP contribution in [0.15, 0.2) is 52.1 Å². The number of ether oxygens (including phenoxy) is 2. The van der Waals surface area contributed by atoms with Crippen LogP contribution in [0.3, 0.4) is 0 Å². The van der Waals surface area contributed by atoms with Crippen LogP contribution in [-0.2, 0) is 30.0 Å². The van der Waals surface area contributed by atoms with E-state index < -0.39 is 23.5 Å². The number of alkyl halides is 2. The summed E-state index contributed by atoms with van der Waals surface area (Å²) in [6.45, 7) is 5.64. The maximum Gasteiger partial charge on any atom is 0.332 e. The molecule has 1 N–H and O–H groups in total. The fourth-order valence-electron chi connectivity index (χ4n) is 7.74. The fraction of sp³-hybridized carbons (Fsp3) is 0.385. The summed E-state index contributed by atoms with van der Waals surface area (Å²) in [5.74, 6) is -0.614. The minimum atomic E-state index is -3.05. The summed E-state index contributed by atoms with van der Waals surface area (Å²) in [6, 6.07) is 13.3. The van der Waals surface area contributed by atoms with Crippen molar-refractivity contribution in [3.05, 3.63) is 90.8 Å². The van der Waals surface area contributed by atoms with Gasteiger partial charge in [-0.15, -0.1) is 0 Å². The van der Waals surface area contributed by atoms with E-state index in [1.807, 2.05) is 38.1 Å². The van der Waals surface area contributed by atoms with E-state index in [-0.39, 0.29) is 34.8 Å². The van der Waals surface area contributed by atoms with Crippen molar-refractivity contribution in [2.45, 2.75) is 52.0 Å².